The molecule has 88 valence electrons. The Morgan fingerprint density at radius 2 is 2.25 bits per heavy atom. The van der Waals surface area contributed by atoms with E-state index in [1.807, 2.05) is 6.26 Å². The number of thioether (sulfide) groups is 1. The maximum Gasteiger partial charge on any atom is 0.252 e. The molecule has 0 saturated carbocycles. The van der Waals surface area contributed by atoms with E-state index in [2.05, 4.69) is 40.1 Å². The molecule has 1 aromatic rings. The Hall–Kier alpha value is -0.550. The molecule has 0 aliphatic carbocycles. The topological polar surface area (TPSA) is 42.0 Å². The minimum absolute atomic E-state index is 0.0507. The average molecular weight is 303 g/mol. The lowest BCUT2D eigenvalue weighted by Crippen LogP contribution is -2.36. The molecule has 0 fully saturated rings. The van der Waals surface area contributed by atoms with E-state index >= 15 is 0 Å². The summed E-state index contributed by atoms with van der Waals surface area (Å²) in [6.45, 7) is 4.83. The molecular formula is C11H15BrN2OS. The Morgan fingerprint density at radius 1 is 1.56 bits per heavy atom. The number of carbonyl (C=O) groups excluding carboxylic acids is 1. The number of aromatic nitrogens is 1. The van der Waals surface area contributed by atoms with Crippen molar-refractivity contribution in [3.63, 3.8) is 0 Å². The molecule has 0 unspecified atom stereocenters. The molecule has 5 heteroatoms. The van der Waals surface area contributed by atoms with Gasteiger partial charge in [0.25, 0.3) is 5.91 Å². The van der Waals surface area contributed by atoms with Gasteiger partial charge in [-0.3, -0.25) is 9.78 Å². The Bertz CT molecular complexity index is 382. The first-order valence-electron chi connectivity index (χ1n) is 4.88. The molecule has 1 amide bonds. The van der Waals surface area contributed by atoms with Gasteiger partial charge in [-0.15, -0.1) is 0 Å². The minimum Gasteiger partial charge on any atom is -0.351 e. The first-order chi connectivity index (χ1) is 7.44. The van der Waals surface area contributed by atoms with Crippen molar-refractivity contribution in [1.29, 1.82) is 0 Å². The molecule has 1 heterocycles. The Balaban J connectivity index is 2.60. The molecule has 0 aliphatic heterocycles. The van der Waals surface area contributed by atoms with Crippen molar-refractivity contribution in [1.82, 2.24) is 10.3 Å². The van der Waals surface area contributed by atoms with Crippen LogP contribution in [-0.4, -0.2) is 28.4 Å². The van der Waals surface area contributed by atoms with Crippen molar-refractivity contribution in [2.75, 3.05) is 12.8 Å². The van der Waals surface area contributed by atoms with Gasteiger partial charge in [-0.05, 0) is 42.1 Å². The van der Waals surface area contributed by atoms with Crippen molar-refractivity contribution < 1.29 is 4.79 Å². The number of nitrogens with one attached hydrogen (secondary N) is 1. The first kappa shape index (κ1) is 13.5. The van der Waals surface area contributed by atoms with Crippen LogP contribution in [0.5, 0.6) is 0 Å². The highest BCUT2D eigenvalue weighted by atomic mass is 79.9. The number of halogens is 1. The van der Waals surface area contributed by atoms with Crippen LogP contribution in [0.1, 0.15) is 24.2 Å². The summed E-state index contributed by atoms with van der Waals surface area (Å²) < 4.78 is 0.860. The van der Waals surface area contributed by atoms with Crippen LogP contribution in [0.15, 0.2) is 22.9 Å². The predicted octanol–water partition coefficient (Wildman–Crippen LogP) is 2.72. The SMILES string of the molecule is CSC(C)(C)CNC(=O)c1cncc(Br)c1. The fourth-order valence-electron chi connectivity index (χ4n) is 1.00. The average Bonchev–Trinajstić information content (AvgIpc) is 2.26. The highest BCUT2D eigenvalue weighted by Crippen LogP contribution is 2.19. The molecule has 0 atom stereocenters. The summed E-state index contributed by atoms with van der Waals surface area (Å²) in [5.41, 5.74) is 0.575. The molecule has 16 heavy (non-hydrogen) atoms. The van der Waals surface area contributed by atoms with Crippen LogP contribution >= 0.6 is 27.7 Å². The Labute approximate surface area is 109 Å². The Kier molecular flexibility index (Phi) is 4.80. The van der Waals surface area contributed by atoms with Gasteiger partial charge in [0, 0.05) is 28.2 Å². The van der Waals surface area contributed by atoms with Gasteiger partial charge in [0.15, 0.2) is 0 Å². The summed E-state index contributed by atoms with van der Waals surface area (Å²) in [5, 5.41) is 2.90. The molecule has 1 aromatic heterocycles. The largest absolute Gasteiger partial charge is 0.351 e. The minimum atomic E-state index is -0.0871. The van der Waals surface area contributed by atoms with Crippen molar-refractivity contribution in [3.05, 3.63) is 28.5 Å². The lowest BCUT2D eigenvalue weighted by molar-refractivity contribution is 0.0950. The van der Waals surface area contributed by atoms with Gasteiger partial charge in [-0.25, -0.2) is 0 Å². The standard InChI is InChI=1S/C11H15BrN2OS/c1-11(2,16-3)7-14-10(15)8-4-9(12)6-13-5-8/h4-6H,7H2,1-3H3,(H,14,15). The van der Waals surface area contributed by atoms with Gasteiger partial charge in [-0.1, -0.05) is 0 Å². The summed E-state index contributed by atoms with van der Waals surface area (Å²) in [5.74, 6) is -0.0871. The smallest absolute Gasteiger partial charge is 0.252 e. The summed E-state index contributed by atoms with van der Waals surface area (Å²) in [6.07, 6.45) is 5.25. The summed E-state index contributed by atoms with van der Waals surface area (Å²) in [4.78, 5) is 15.7. The van der Waals surface area contributed by atoms with E-state index in [9.17, 15) is 4.79 Å². The molecule has 0 spiro atoms. The van der Waals surface area contributed by atoms with E-state index in [0.29, 0.717) is 12.1 Å². The second-order valence-electron chi connectivity index (χ2n) is 4.04. The highest BCUT2D eigenvalue weighted by Gasteiger charge is 2.17. The van der Waals surface area contributed by atoms with Crippen LogP contribution in [0.3, 0.4) is 0 Å². The first-order valence-corrected chi connectivity index (χ1v) is 6.90. The monoisotopic (exact) mass is 302 g/mol. The second-order valence-corrected chi connectivity index (χ2v) is 6.47. The van der Waals surface area contributed by atoms with E-state index in [1.165, 1.54) is 0 Å². The lowest BCUT2D eigenvalue weighted by atomic mass is 10.2. The number of pyridine rings is 1. The van der Waals surface area contributed by atoms with Gasteiger partial charge in [0.1, 0.15) is 0 Å². The van der Waals surface area contributed by atoms with Crippen LogP contribution in [0.4, 0.5) is 0 Å². The van der Waals surface area contributed by atoms with Crippen LogP contribution in [0, 0.1) is 0 Å². The zero-order valence-corrected chi connectivity index (χ0v) is 12.0. The zero-order chi connectivity index (χ0) is 12.2. The van der Waals surface area contributed by atoms with Crippen LogP contribution in [0.25, 0.3) is 0 Å². The third-order valence-electron chi connectivity index (χ3n) is 2.19. The number of nitrogens with zero attached hydrogens (tertiary/aromatic N) is 1. The number of hydrogen-bond acceptors (Lipinski definition) is 3. The van der Waals surface area contributed by atoms with Crippen LogP contribution in [-0.2, 0) is 0 Å². The van der Waals surface area contributed by atoms with Gasteiger partial charge in [0.2, 0.25) is 0 Å². The van der Waals surface area contributed by atoms with Gasteiger partial charge in [0.05, 0.1) is 5.56 Å². The second kappa shape index (κ2) is 5.68. The van der Waals surface area contributed by atoms with E-state index < -0.39 is 0 Å². The van der Waals surface area contributed by atoms with E-state index in [4.69, 9.17) is 0 Å². The van der Waals surface area contributed by atoms with Crippen LogP contribution in [0.2, 0.25) is 0 Å². The van der Waals surface area contributed by atoms with Crippen molar-refractivity contribution in [3.8, 4) is 0 Å². The van der Waals surface area contributed by atoms with Gasteiger partial charge in [-0.2, -0.15) is 11.8 Å². The highest BCUT2D eigenvalue weighted by molar-refractivity contribution is 9.10. The molecule has 3 nitrogen and oxygen atoms in total. The third kappa shape index (κ3) is 4.14. The number of carbonyl (C=O) groups is 1. The molecule has 1 N–H and O–H groups in total. The Morgan fingerprint density at radius 3 is 2.81 bits per heavy atom. The van der Waals surface area contributed by atoms with Crippen molar-refractivity contribution >= 4 is 33.6 Å². The quantitative estimate of drug-likeness (QED) is 0.930. The summed E-state index contributed by atoms with van der Waals surface area (Å²) in [7, 11) is 0. The van der Waals surface area contributed by atoms with Gasteiger partial charge < -0.3 is 5.32 Å². The predicted molar refractivity (Wildman–Crippen MR) is 71.9 cm³/mol. The summed E-state index contributed by atoms with van der Waals surface area (Å²) >= 11 is 5.02. The number of rotatable bonds is 4. The molecular weight excluding hydrogens is 288 g/mol. The maximum absolute atomic E-state index is 11.8. The fourth-order valence-corrected chi connectivity index (χ4v) is 1.58. The normalized spacial score (nSPS) is 11.2. The number of amides is 1. The third-order valence-corrected chi connectivity index (χ3v) is 3.88. The lowest BCUT2D eigenvalue weighted by Gasteiger charge is -2.22. The van der Waals surface area contributed by atoms with Crippen molar-refractivity contribution in [2.24, 2.45) is 0 Å². The number of hydrogen-bond donors (Lipinski definition) is 1. The van der Waals surface area contributed by atoms with E-state index in [-0.39, 0.29) is 10.7 Å². The maximum atomic E-state index is 11.8. The summed E-state index contributed by atoms with van der Waals surface area (Å²) in [6, 6.07) is 1.76. The molecule has 0 aromatic carbocycles. The van der Waals surface area contributed by atoms with Gasteiger partial charge >= 0.3 is 0 Å². The molecule has 0 saturated heterocycles. The van der Waals surface area contributed by atoms with E-state index in [0.717, 1.165) is 4.47 Å². The van der Waals surface area contributed by atoms with E-state index in [1.54, 1.807) is 30.2 Å². The molecule has 0 aliphatic rings. The molecule has 0 radical (unpaired) electrons. The molecule has 0 bridgehead atoms. The fraction of sp³-hybridized carbons (Fsp3) is 0.455. The van der Waals surface area contributed by atoms with Crippen LogP contribution < -0.4 is 5.32 Å². The molecule has 1 rings (SSSR count). The van der Waals surface area contributed by atoms with Crippen molar-refractivity contribution in [2.45, 2.75) is 18.6 Å². The zero-order valence-electron chi connectivity index (χ0n) is 9.58.